The quantitative estimate of drug-likeness (QED) is 0.843. The Kier molecular flexibility index (Phi) is 3.43. The summed E-state index contributed by atoms with van der Waals surface area (Å²) < 4.78 is 0. The molecule has 2 aromatic carbocycles. The van der Waals surface area contributed by atoms with Crippen LogP contribution in [0.1, 0.15) is 28.7 Å². The molecule has 0 fully saturated rings. The number of nitriles is 1. The van der Waals surface area contributed by atoms with Crippen LogP contribution in [0.3, 0.4) is 0 Å². The summed E-state index contributed by atoms with van der Waals surface area (Å²) in [5, 5.41) is 8.83. The Bertz CT molecular complexity index is 650. The molecule has 0 spiro atoms. The van der Waals surface area contributed by atoms with Gasteiger partial charge < -0.3 is 4.90 Å². The maximum Gasteiger partial charge on any atom is 0.0991 e. The molecule has 1 aliphatic carbocycles. The number of fused-ring (bicyclic) bond motifs is 1. The Hall–Kier alpha value is -2.27. The molecule has 0 unspecified atom stereocenters. The molecule has 0 heterocycles. The summed E-state index contributed by atoms with van der Waals surface area (Å²) in [6.07, 6.45) is 3.76. The highest BCUT2D eigenvalue weighted by atomic mass is 15.1. The molecule has 2 heteroatoms. The van der Waals surface area contributed by atoms with Gasteiger partial charge in [0.1, 0.15) is 0 Å². The van der Waals surface area contributed by atoms with Gasteiger partial charge in [-0.15, -0.1) is 0 Å². The molecule has 2 nitrogen and oxygen atoms in total. The first-order valence-electron chi connectivity index (χ1n) is 7.08. The van der Waals surface area contributed by atoms with E-state index in [1.165, 1.54) is 36.0 Å². The van der Waals surface area contributed by atoms with Crippen LogP contribution in [-0.2, 0) is 19.4 Å². The van der Waals surface area contributed by atoms with E-state index < -0.39 is 0 Å². The SMILES string of the molecule is CN(Cc1ccc2c(c1)CCC2)c1ccc(C#N)cc1. The average molecular weight is 262 g/mol. The van der Waals surface area contributed by atoms with Crippen molar-refractivity contribution in [3.05, 3.63) is 64.7 Å². The second-order valence-corrected chi connectivity index (χ2v) is 5.47. The van der Waals surface area contributed by atoms with E-state index in [-0.39, 0.29) is 0 Å². The van der Waals surface area contributed by atoms with Crippen molar-refractivity contribution in [3.8, 4) is 6.07 Å². The van der Waals surface area contributed by atoms with E-state index >= 15 is 0 Å². The Morgan fingerprint density at radius 2 is 1.80 bits per heavy atom. The zero-order valence-electron chi connectivity index (χ0n) is 11.8. The predicted octanol–water partition coefficient (Wildman–Crippen LogP) is 3.68. The van der Waals surface area contributed by atoms with Crippen LogP contribution in [0.5, 0.6) is 0 Å². The third kappa shape index (κ3) is 2.53. The minimum absolute atomic E-state index is 0.708. The van der Waals surface area contributed by atoms with Gasteiger partial charge in [0, 0.05) is 19.3 Å². The van der Waals surface area contributed by atoms with Crippen molar-refractivity contribution in [1.29, 1.82) is 5.26 Å². The zero-order valence-corrected chi connectivity index (χ0v) is 11.8. The standard InChI is InChI=1S/C18H18N2/c1-20(18-9-6-14(12-19)7-10-18)13-15-5-8-16-3-2-4-17(16)11-15/h5-11H,2-4,13H2,1H3. The Morgan fingerprint density at radius 3 is 2.55 bits per heavy atom. The largest absolute Gasteiger partial charge is 0.370 e. The van der Waals surface area contributed by atoms with Crippen LogP contribution >= 0.6 is 0 Å². The number of nitrogens with zero attached hydrogens (tertiary/aromatic N) is 2. The van der Waals surface area contributed by atoms with Gasteiger partial charge in [0.25, 0.3) is 0 Å². The normalized spacial score (nSPS) is 12.8. The first-order chi connectivity index (χ1) is 9.76. The lowest BCUT2D eigenvalue weighted by atomic mass is 10.1. The van der Waals surface area contributed by atoms with E-state index in [1.807, 2.05) is 24.3 Å². The Morgan fingerprint density at radius 1 is 1.05 bits per heavy atom. The maximum atomic E-state index is 8.83. The lowest BCUT2D eigenvalue weighted by Crippen LogP contribution is -2.16. The van der Waals surface area contributed by atoms with Crippen LogP contribution in [0.25, 0.3) is 0 Å². The van der Waals surface area contributed by atoms with Gasteiger partial charge in [0.2, 0.25) is 0 Å². The van der Waals surface area contributed by atoms with Crippen molar-refractivity contribution in [1.82, 2.24) is 0 Å². The molecular formula is C18H18N2. The molecule has 0 aromatic heterocycles. The Balaban J connectivity index is 1.75. The highest BCUT2D eigenvalue weighted by Crippen LogP contribution is 2.24. The van der Waals surface area contributed by atoms with E-state index in [0.717, 1.165) is 12.2 Å². The Labute approximate surface area is 120 Å². The van der Waals surface area contributed by atoms with Crippen LogP contribution < -0.4 is 4.90 Å². The third-order valence-electron chi connectivity index (χ3n) is 4.02. The van der Waals surface area contributed by atoms with E-state index in [2.05, 4.69) is 36.2 Å². The first kappa shape index (κ1) is 12.7. The smallest absolute Gasteiger partial charge is 0.0991 e. The lowest BCUT2D eigenvalue weighted by Gasteiger charge is -2.20. The van der Waals surface area contributed by atoms with E-state index in [1.54, 1.807) is 0 Å². The average Bonchev–Trinajstić information content (AvgIpc) is 2.95. The van der Waals surface area contributed by atoms with Crippen LogP contribution in [0.2, 0.25) is 0 Å². The van der Waals surface area contributed by atoms with Gasteiger partial charge in [-0.1, -0.05) is 18.2 Å². The van der Waals surface area contributed by atoms with Gasteiger partial charge in [-0.05, 0) is 60.2 Å². The number of rotatable bonds is 3. The molecule has 0 atom stereocenters. The number of hydrogen-bond acceptors (Lipinski definition) is 2. The van der Waals surface area contributed by atoms with Gasteiger partial charge in [-0.2, -0.15) is 5.26 Å². The highest BCUT2D eigenvalue weighted by Gasteiger charge is 2.11. The van der Waals surface area contributed by atoms with E-state index in [4.69, 9.17) is 5.26 Å². The van der Waals surface area contributed by atoms with Crippen LogP contribution in [0, 0.1) is 11.3 Å². The second-order valence-electron chi connectivity index (χ2n) is 5.47. The fraction of sp³-hybridized carbons (Fsp3) is 0.278. The third-order valence-corrected chi connectivity index (χ3v) is 4.02. The molecular weight excluding hydrogens is 244 g/mol. The molecule has 0 saturated heterocycles. The van der Waals surface area contributed by atoms with Gasteiger partial charge in [-0.3, -0.25) is 0 Å². The molecule has 1 aliphatic rings. The second kappa shape index (κ2) is 5.38. The molecule has 0 aliphatic heterocycles. The van der Waals surface area contributed by atoms with Crippen molar-refractivity contribution in [2.75, 3.05) is 11.9 Å². The molecule has 100 valence electrons. The monoisotopic (exact) mass is 262 g/mol. The number of hydrogen-bond donors (Lipinski definition) is 0. The fourth-order valence-electron chi connectivity index (χ4n) is 2.88. The highest BCUT2D eigenvalue weighted by molar-refractivity contribution is 5.49. The maximum absolute atomic E-state index is 8.83. The van der Waals surface area contributed by atoms with Gasteiger partial charge >= 0.3 is 0 Å². The predicted molar refractivity (Wildman–Crippen MR) is 81.7 cm³/mol. The molecule has 0 amide bonds. The van der Waals surface area contributed by atoms with Gasteiger partial charge in [0.15, 0.2) is 0 Å². The van der Waals surface area contributed by atoms with E-state index in [9.17, 15) is 0 Å². The van der Waals surface area contributed by atoms with Crippen molar-refractivity contribution in [2.24, 2.45) is 0 Å². The summed E-state index contributed by atoms with van der Waals surface area (Å²) in [6, 6.07) is 16.8. The lowest BCUT2D eigenvalue weighted by molar-refractivity contribution is 0.907. The number of aryl methyl sites for hydroxylation is 2. The van der Waals surface area contributed by atoms with E-state index in [0.29, 0.717) is 5.56 Å². The summed E-state index contributed by atoms with van der Waals surface area (Å²) in [4.78, 5) is 2.22. The van der Waals surface area contributed by atoms with Crippen LogP contribution in [0.15, 0.2) is 42.5 Å². The van der Waals surface area contributed by atoms with Gasteiger partial charge in [-0.25, -0.2) is 0 Å². The fourth-order valence-corrected chi connectivity index (χ4v) is 2.88. The molecule has 0 N–H and O–H groups in total. The summed E-state index contributed by atoms with van der Waals surface area (Å²) in [5.74, 6) is 0. The van der Waals surface area contributed by atoms with Crippen molar-refractivity contribution in [2.45, 2.75) is 25.8 Å². The number of anilines is 1. The van der Waals surface area contributed by atoms with Gasteiger partial charge in [0.05, 0.1) is 11.6 Å². The van der Waals surface area contributed by atoms with Crippen molar-refractivity contribution < 1.29 is 0 Å². The molecule has 3 rings (SSSR count). The summed E-state index contributed by atoms with van der Waals surface area (Å²) in [5.41, 5.74) is 6.26. The minimum atomic E-state index is 0.708. The zero-order chi connectivity index (χ0) is 13.9. The molecule has 0 saturated carbocycles. The van der Waals surface area contributed by atoms with Crippen molar-refractivity contribution >= 4 is 5.69 Å². The number of benzene rings is 2. The topological polar surface area (TPSA) is 27.0 Å². The first-order valence-corrected chi connectivity index (χ1v) is 7.08. The molecule has 2 aromatic rings. The summed E-state index contributed by atoms with van der Waals surface area (Å²) >= 11 is 0. The summed E-state index contributed by atoms with van der Waals surface area (Å²) in [7, 11) is 2.09. The summed E-state index contributed by atoms with van der Waals surface area (Å²) in [6.45, 7) is 0.902. The van der Waals surface area contributed by atoms with Crippen LogP contribution in [0.4, 0.5) is 5.69 Å². The minimum Gasteiger partial charge on any atom is -0.370 e. The molecule has 0 radical (unpaired) electrons. The molecule has 0 bridgehead atoms. The van der Waals surface area contributed by atoms with Crippen molar-refractivity contribution in [3.63, 3.8) is 0 Å². The molecule has 20 heavy (non-hydrogen) atoms. The van der Waals surface area contributed by atoms with Crippen LogP contribution in [-0.4, -0.2) is 7.05 Å².